The second kappa shape index (κ2) is 81.1. The van der Waals surface area contributed by atoms with E-state index >= 15 is 0 Å². The molecule has 0 aliphatic heterocycles. The van der Waals surface area contributed by atoms with Crippen LogP contribution in [0.5, 0.6) is 0 Å². The third-order valence-electron chi connectivity index (χ3n) is 0. The van der Waals surface area contributed by atoms with Gasteiger partial charge < -0.3 is 74.4 Å². The number of hydrogen-bond acceptors (Lipinski definition) is 0. The first-order chi connectivity index (χ1) is 0. The summed E-state index contributed by atoms with van der Waals surface area (Å²) in [6, 6.07) is 0. The zero-order valence-electron chi connectivity index (χ0n) is 4.39. The molecule has 48 valence electrons. The van der Waals surface area contributed by atoms with Crippen LogP contribution in [0.1, 0.15) is 0 Å². The summed E-state index contributed by atoms with van der Waals surface area (Å²) in [5.41, 5.74) is 0. The Hall–Kier alpha value is 4.53. The molecule has 0 nitrogen and oxygen atoms in total. The van der Waals surface area contributed by atoms with Crippen molar-refractivity contribution in [2.24, 2.45) is 0 Å². The van der Waals surface area contributed by atoms with Gasteiger partial charge in [0.1, 0.15) is 0 Å². The summed E-state index contributed by atoms with van der Waals surface area (Å²) in [6.45, 7) is 0. The molecule has 9 heavy (non-hydrogen) atoms. The van der Waals surface area contributed by atoms with Gasteiger partial charge in [0.05, 0.1) is 0 Å². The van der Waals surface area contributed by atoms with Crippen molar-refractivity contribution in [3.8, 4) is 0 Å². The minimum atomic E-state index is 0. The van der Waals surface area contributed by atoms with E-state index in [1.165, 1.54) is 0 Å². The van der Waals surface area contributed by atoms with Crippen LogP contribution < -0.4 is 74.4 Å². The summed E-state index contributed by atoms with van der Waals surface area (Å²) in [4.78, 5) is 0. The van der Waals surface area contributed by atoms with Gasteiger partial charge in [-0.25, -0.2) is 0 Å². The molecule has 0 aliphatic carbocycles. The Morgan fingerprint density at radius 1 is 0.333 bits per heavy atom. The predicted molar refractivity (Wildman–Crippen MR) is 17.3 cm³/mol. The third kappa shape index (κ3) is 67.7. The van der Waals surface area contributed by atoms with Crippen LogP contribution in [0.3, 0.4) is 0 Å². The summed E-state index contributed by atoms with van der Waals surface area (Å²) in [7, 11) is 0. The fourth-order valence-corrected chi connectivity index (χ4v) is 0. The van der Waals surface area contributed by atoms with Crippen molar-refractivity contribution in [1.29, 1.82) is 0 Å². The van der Waals surface area contributed by atoms with Crippen molar-refractivity contribution in [2.45, 2.75) is 0 Å². The number of halogens is 6. The zero-order valence-corrected chi connectivity index (χ0v) is 14.0. The normalized spacial score (nSPS) is 0. The molecule has 0 saturated heterocycles. The monoisotopic (exact) mass is 298 g/mol. The second-order valence-electron chi connectivity index (χ2n) is 0. The largest absolute Gasteiger partial charge is 2.00 e. The first-order valence-electron chi connectivity index (χ1n) is 0. The van der Waals surface area contributed by atoms with E-state index in [-0.39, 0.29) is 158 Å². The average molecular weight is 301 g/mol. The molecule has 0 amide bonds. The van der Waals surface area contributed by atoms with Crippen molar-refractivity contribution in [3.05, 3.63) is 0 Å². The van der Waals surface area contributed by atoms with E-state index in [4.69, 9.17) is 0 Å². The van der Waals surface area contributed by atoms with E-state index in [1.54, 1.807) is 0 Å². The predicted octanol–water partition coefficient (Wildman–Crippen LogP) is -19.1. The van der Waals surface area contributed by atoms with Crippen LogP contribution in [-0.2, 0) is 0 Å². The molecule has 0 atom stereocenters. The third-order valence-corrected chi connectivity index (χ3v) is 0. The van der Waals surface area contributed by atoms with E-state index in [0.717, 1.165) is 0 Å². The van der Waals surface area contributed by atoms with Gasteiger partial charge >= 0.3 is 83.8 Å². The Morgan fingerprint density at radius 2 is 0.333 bits per heavy atom. The zero-order chi connectivity index (χ0) is 0. The molecular weight excluding hydrogens is 301 g/mol. The summed E-state index contributed by atoms with van der Waals surface area (Å²) in [5, 5.41) is 0. The van der Waals surface area contributed by atoms with Gasteiger partial charge in [0, 0.05) is 0 Å². The molecule has 0 heterocycles. The van der Waals surface area contributed by atoms with Gasteiger partial charge in [-0.1, -0.05) is 0 Å². The topological polar surface area (TPSA) is 0 Å². The standard InChI is InChI=1S/Ca.6ClH.2Mg/h;6*1H;;/q+2;;;;;;;2*+2/p-6. The Labute approximate surface area is 155 Å². The molecule has 0 rings (SSSR count). The first kappa shape index (κ1) is 103. The maximum atomic E-state index is 0. The minimum Gasteiger partial charge on any atom is -1.00 e. The van der Waals surface area contributed by atoms with Crippen molar-refractivity contribution in [2.75, 3.05) is 0 Å². The van der Waals surface area contributed by atoms with Crippen molar-refractivity contribution in [3.63, 3.8) is 0 Å². The fraction of sp³-hybridized carbons (Fsp3) is 0. The van der Waals surface area contributed by atoms with Crippen LogP contribution in [-0.4, -0.2) is 83.8 Å². The van der Waals surface area contributed by atoms with E-state index in [9.17, 15) is 0 Å². The van der Waals surface area contributed by atoms with E-state index in [2.05, 4.69) is 0 Å². The van der Waals surface area contributed by atoms with Gasteiger partial charge in [0.2, 0.25) is 0 Å². The second-order valence-corrected chi connectivity index (χ2v) is 0. The molecule has 0 spiro atoms. The van der Waals surface area contributed by atoms with Crippen LogP contribution >= 0.6 is 0 Å². The van der Waals surface area contributed by atoms with Gasteiger partial charge in [-0.15, -0.1) is 0 Å². The van der Waals surface area contributed by atoms with Crippen LogP contribution in [0.4, 0.5) is 0 Å². The van der Waals surface area contributed by atoms with Gasteiger partial charge in [0.15, 0.2) is 0 Å². The van der Waals surface area contributed by atoms with Crippen molar-refractivity contribution in [1.82, 2.24) is 0 Å². The average Bonchev–Trinajstić information content (AvgIpc) is 0. The minimum absolute atomic E-state index is 0. The van der Waals surface area contributed by atoms with Gasteiger partial charge in [-0.3, -0.25) is 0 Å². The molecule has 0 unspecified atom stereocenters. The quantitative estimate of drug-likeness (QED) is 0.390. The van der Waals surface area contributed by atoms with Gasteiger partial charge in [-0.2, -0.15) is 0 Å². The van der Waals surface area contributed by atoms with Crippen molar-refractivity contribution >= 4 is 83.8 Å². The first-order valence-corrected chi connectivity index (χ1v) is 0. The molecule has 0 bridgehead atoms. The van der Waals surface area contributed by atoms with Gasteiger partial charge in [-0.05, 0) is 0 Å². The van der Waals surface area contributed by atoms with E-state index in [1.807, 2.05) is 0 Å². The van der Waals surface area contributed by atoms with E-state index < -0.39 is 0 Å². The number of hydrogen-bond donors (Lipinski definition) is 0. The SMILES string of the molecule is [Ca+2].[Cl-].[Cl-].[Cl-].[Cl-].[Cl-].[Cl-].[Mg+2].[Mg+2]. The fourth-order valence-electron chi connectivity index (χ4n) is 0. The van der Waals surface area contributed by atoms with E-state index in [0.29, 0.717) is 0 Å². The maximum absolute atomic E-state index is 0. The van der Waals surface area contributed by atoms with Crippen molar-refractivity contribution < 1.29 is 74.4 Å². The Bertz CT molecular complexity index is 11.0. The Balaban J connectivity index is 0. The molecule has 0 radical (unpaired) electrons. The van der Waals surface area contributed by atoms with Crippen LogP contribution in [0, 0.1) is 0 Å². The molecule has 0 aliphatic rings. The van der Waals surface area contributed by atoms with Gasteiger partial charge in [0.25, 0.3) is 0 Å². The molecule has 0 aromatic rings. The van der Waals surface area contributed by atoms with Crippen LogP contribution in [0.25, 0.3) is 0 Å². The molecule has 9 heteroatoms. The summed E-state index contributed by atoms with van der Waals surface area (Å²) < 4.78 is 0. The van der Waals surface area contributed by atoms with Crippen LogP contribution in [0.2, 0.25) is 0 Å². The molecule has 0 N–H and O–H groups in total. The Kier molecular flexibility index (Phi) is 933. The molecule has 0 fully saturated rings. The van der Waals surface area contributed by atoms with Crippen LogP contribution in [0.15, 0.2) is 0 Å². The molecule has 0 aromatic heterocycles. The Morgan fingerprint density at radius 3 is 0.333 bits per heavy atom. The summed E-state index contributed by atoms with van der Waals surface area (Å²) in [6.07, 6.45) is 0. The summed E-state index contributed by atoms with van der Waals surface area (Å²) in [5.74, 6) is 0. The molecule has 0 saturated carbocycles. The maximum Gasteiger partial charge on any atom is 2.00 e. The molecule has 0 aromatic carbocycles. The smallest absolute Gasteiger partial charge is 1.00 e. The number of rotatable bonds is 0. The summed E-state index contributed by atoms with van der Waals surface area (Å²) >= 11 is 0. The molecular formula is CaCl6Mg2.